The molecule has 0 atom stereocenters. The van der Waals surface area contributed by atoms with Crippen molar-refractivity contribution < 1.29 is 4.79 Å². The predicted octanol–water partition coefficient (Wildman–Crippen LogP) is 0.539. The zero-order chi connectivity index (χ0) is 12.0. The van der Waals surface area contributed by atoms with E-state index >= 15 is 0 Å². The summed E-state index contributed by atoms with van der Waals surface area (Å²) in [5.41, 5.74) is 0. The van der Waals surface area contributed by atoms with Crippen molar-refractivity contribution in [2.75, 3.05) is 39.8 Å². The molecule has 1 heterocycles. The third-order valence-corrected chi connectivity index (χ3v) is 3.04. The largest absolute Gasteiger partial charge is 0.343 e. The van der Waals surface area contributed by atoms with Crippen LogP contribution < -0.4 is 5.32 Å². The lowest BCUT2D eigenvalue weighted by Crippen LogP contribution is -2.41. The lowest BCUT2D eigenvalue weighted by atomic mass is 10.4. The second kappa shape index (κ2) is 6.86. The van der Waals surface area contributed by atoms with Crippen LogP contribution in [0.2, 0.25) is 0 Å². The zero-order valence-electron chi connectivity index (χ0n) is 10.8. The van der Waals surface area contributed by atoms with Gasteiger partial charge >= 0.3 is 0 Å². The molecule has 4 nitrogen and oxygen atoms in total. The SMILES string of the molecule is CC(C)NCC(=O)N(C)CCN1CCCC1. The predicted molar refractivity (Wildman–Crippen MR) is 66.4 cm³/mol. The normalized spacial score (nSPS) is 17.0. The van der Waals surface area contributed by atoms with Gasteiger partial charge in [0.05, 0.1) is 6.54 Å². The number of amides is 1. The van der Waals surface area contributed by atoms with E-state index in [4.69, 9.17) is 0 Å². The molecule has 0 aromatic rings. The van der Waals surface area contributed by atoms with E-state index in [-0.39, 0.29) is 5.91 Å². The standard InChI is InChI=1S/C12H25N3O/c1-11(2)13-10-12(16)14(3)8-9-15-6-4-5-7-15/h11,13H,4-10H2,1-3H3. The number of likely N-dealkylation sites (tertiary alicyclic amines) is 1. The molecule has 0 spiro atoms. The summed E-state index contributed by atoms with van der Waals surface area (Å²) in [5, 5.41) is 3.15. The van der Waals surface area contributed by atoms with E-state index in [9.17, 15) is 4.79 Å². The van der Waals surface area contributed by atoms with E-state index in [0.717, 1.165) is 13.1 Å². The Labute approximate surface area is 99.0 Å². The number of likely N-dealkylation sites (N-methyl/N-ethyl adjacent to an activating group) is 1. The van der Waals surface area contributed by atoms with Crippen molar-refractivity contribution in [1.82, 2.24) is 15.1 Å². The second-order valence-electron chi connectivity index (χ2n) is 4.90. The van der Waals surface area contributed by atoms with Crippen LogP contribution in [0.5, 0.6) is 0 Å². The first kappa shape index (κ1) is 13.5. The van der Waals surface area contributed by atoms with E-state index in [1.165, 1.54) is 25.9 Å². The van der Waals surface area contributed by atoms with Crippen molar-refractivity contribution in [2.45, 2.75) is 32.7 Å². The van der Waals surface area contributed by atoms with Crippen LogP contribution in [-0.2, 0) is 4.79 Å². The van der Waals surface area contributed by atoms with Gasteiger partial charge in [-0.2, -0.15) is 0 Å². The molecular weight excluding hydrogens is 202 g/mol. The van der Waals surface area contributed by atoms with E-state index in [0.29, 0.717) is 12.6 Å². The van der Waals surface area contributed by atoms with Crippen LogP contribution in [0.15, 0.2) is 0 Å². The van der Waals surface area contributed by atoms with Gasteiger partial charge in [-0.15, -0.1) is 0 Å². The minimum Gasteiger partial charge on any atom is -0.343 e. The van der Waals surface area contributed by atoms with Gasteiger partial charge in [0.25, 0.3) is 0 Å². The number of carbonyl (C=O) groups excluding carboxylic acids is 1. The number of carbonyl (C=O) groups is 1. The molecule has 1 aliphatic rings. The first-order valence-corrected chi connectivity index (χ1v) is 6.29. The molecule has 1 N–H and O–H groups in total. The summed E-state index contributed by atoms with van der Waals surface area (Å²) in [6.45, 7) is 8.82. The lowest BCUT2D eigenvalue weighted by Gasteiger charge is -2.22. The van der Waals surface area contributed by atoms with Gasteiger partial charge < -0.3 is 15.1 Å². The number of nitrogens with one attached hydrogen (secondary N) is 1. The molecule has 4 heteroatoms. The summed E-state index contributed by atoms with van der Waals surface area (Å²) in [5.74, 6) is 0.188. The Kier molecular flexibility index (Phi) is 5.77. The molecule has 1 fully saturated rings. The Morgan fingerprint density at radius 3 is 2.56 bits per heavy atom. The van der Waals surface area contributed by atoms with E-state index in [1.807, 2.05) is 11.9 Å². The molecule has 0 aromatic heterocycles. The van der Waals surface area contributed by atoms with Crippen LogP contribution in [0.4, 0.5) is 0 Å². The molecule has 16 heavy (non-hydrogen) atoms. The molecule has 0 aromatic carbocycles. The van der Waals surface area contributed by atoms with Crippen molar-refractivity contribution in [3.63, 3.8) is 0 Å². The van der Waals surface area contributed by atoms with Crippen molar-refractivity contribution in [1.29, 1.82) is 0 Å². The first-order valence-electron chi connectivity index (χ1n) is 6.29. The summed E-state index contributed by atoms with van der Waals surface area (Å²) in [6, 6.07) is 0.371. The van der Waals surface area contributed by atoms with Gasteiger partial charge in [-0.1, -0.05) is 13.8 Å². The average molecular weight is 227 g/mol. The van der Waals surface area contributed by atoms with E-state index < -0.39 is 0 Å². The third-order valence-electron chi connectivity index (χ3n) is 3.04. The smallest absolute Gasteiger partial charge is 0.236 e. The van der Waals surface area contributed by atoms with Crippen LogP contribution in [0, 0.1) is 0 Å². The Morgan fingerprint density at radius 2 is 2.00 bits per heavy atom. The zero-order valence-corrected chi connectivity index (χ0v) is 10.8. The molecule has 0 aliphatic carbocycles. The number of hydrogen-bond donors (Lipinski definition) is 1. The fraction of sp³-hybridized carbons (Fsp3) is 0.917. The molecule has 0 bridgehead atoms. The average Bonchev–Trinajstić information content (AvgIpc) is 2.75. The summed E-state index contributed by atoms with van der Waals surface area (Å²) in [4.78, 5) is 16.0. The Balaban J connectivity index is 2.12. The Morgan fingerprint density at radius 1 is 1.38 bits per heavy atom. The number of rotatable bonds is 6. The molecule has 94 valence electrons. The Bertz CT molecular complexity index is 212. The fourth-order valence-corrected chi connectivity index (χ4v) is 1.85. The van der Waals surface area contributed by atoms with Crippen LogP contribution in [0.25, 0.3) is 0 Å². The summed E-state index contributed by atoms with van der Waals surface area (Å²) < 4.78 is 0. The van der Waals surface area contributed by atoms with Crippen molar-refractivity contribution in [3.8, 4) is 0 Å². The molecule has 0 saturated carbocycles. The molecular formula is C12H25N3O. The second-order valence-corrected chi connectivity index (χ2v) is 4.90. The third kappa shape index (κ3) is 4.94. The van der Waals surface area contributed by atoms with Crippen LogP contribution >= 0.6 is 0 Å². The highest BCUT2D eigenvalue weighted by atomic mass is 16.2. The van der Waals surface area contributed by atoms with Gasteiger partial charge in [-0.05, 0) is 25.9 Å². The van der Waals surface area contributed by atoms with Crippen LogP contribution in [0.3, 0.4) is 0 Å². The minimum atomic E-state index is 0.188. The maximum atomic E-state index is 11.7. The lowest BCUT2D eigenvalue weighted by molar-refractivity contribution is -0.129. The summed E-state index contributed by atoms with van der Waals surface area (Å²) in [6.07, 6.45) is 2.62. The molecule has 1 rings (SSSR count). The van der Waals surface area contributed by atoms with Gasteiger partial charge in [0.15, 0.2) is 0 Å². The quantitative estimate of drug-likeness (QED) is 0.719. The highest BCUT2D eigenvalue weighted by molar-refractivity contribution is 5.77. The molecule has 1 saturated heterocycles. The highest BCUT2D eigenvalue weighted by Crippen LogP contribution is 2.06. The number of hydrogen-bond acceptors (Lipinski definition) is 3. The van der Waals surface area contributed by atoms with Crippen LogP contribution in [-0.4, -0.2) is 61.5 Å². The molecule has 1 aliphatic heterocycles. The molecule has 0 unspecified atom stereocenters. The van der Waals surface area contributed by atoms with Gasteiger partial charge in [0.1, 0.15) is 0 Å². The maximum absolute atomic E-state index is 11.7. The summed E-state index contributed by atoms with van der Waals surface area (Å²) in [7, 11) is 1.89. The van der Waals surface area contributed by atoms with Gasteiger partial charge in [0, 0.05) is 26.2 Å². The van der Waals surface area contributed by atoms with Gasteiger partial charge in [-0.3, -0.25) is 4.79 Å². The maximum Gasteiger partial charge on any atom is 0.236 e. The molecule has 0 radical (unpaired) electrons. The van der Waals surface area contributed by atoms with Gasteiger partial charge in [-0.25, -0.2) is 0 Å². The first-order chi connectivity index (χ1) is 7.59. The van der Waals surface area contributed by atoms with Crippen LogP contribution in [0.1, 0.15) is 26.7 Å². The number of nitrogens with zero attached hydrogens (tertiary/aromatic N) is 2. The minimum absolute atomic E-state index is 0.188. The van der Waals surface area contributed by atoms with Gasteiger partial charge in [0.2, 0.25) is 5.91 Å². The van der Waals surface area contributed by atoms with Crippen molar-refractivity contribution in [3.05, 3.63) is 0 Å². The monoisotopic (exact) mass is 227 g/mol. The highest BCUT2D eigenvalue weighted by Gasteiger charge is 2.14. The molecule has 1 amide bonds. The van der Waals surface area contributed by atoms with Crippen molar-refractivity contribution >= 4 is 5.91 Å². The Hall–Kier alpha value is -0.610. The van der Waals surface area contributed by atoms with E-state index in [2.05, 4.69) is 24.1 Å². The fourth-order valence-electron chi connectivity index (χ4n) is 1.85. The van der Waals surface area contributed by atoms with E-state index in [1.54, 1.807) is 0 Å². The summed E-state index contributed by atoms with van der Waals surface area (Å²) >= 11 is 0. The topological polar surface area (TPSA) is 35.6 Å². The van der Waals surface area contributed by atoms with Crippen molar-refractivity contribution in [2.24, 2.45) is 0 Å².